The molecule has 3 nitrogen and oxygen atoms in total. The van der Waals surface area contributed by atoms with E-state index >= 15 is 0 Å². The number of hydrogen-bond donors (Lipinski definition) is 0. The predicted octanol–water partition coefficient (Wildman–Crippen LogP) is 4.37. The van der Waals surface area contributed by atoms with Crippen LogP contribution in [0.1, 0.15) is 12.5 Å². The van der Waals surface area contributed by atoms with Crippen molar-refractivity contribution in [1.82, 2.24) is 0 Å². The Hall–Kier alpha value is -0.626. The van der Waals surface area contributed by atoms with E-state index < -0.39 is 21.8 Å². The van der Waals surface area contributed by atoms with Crippen molar-refractivity contribution in [2.24, 2.45) is 0 Å². The Morgan fingerprint density at radius 3 is 2.52 bits per heavy atom. The van der Waals surface area contributed by atoms with Gasteiger partial charge in [0.25, 0.3) is 0 Å². The van der Waals surface area contributed by atoms with Gasteiger partial charge in [0.1, 0.15) is 13.8 Å². The second-order valence-electron chi connectivity index (χ2n) is 7.03. The topological polar surface area (TPSA) is 27.7 Å². The molecule has 118 valence electrons. The molecule has 1 atom stereocenters. The van der Waals surface area contributed by atoms with Crippen LogP contribution in [0.15, 0.2) is 24.3 Å². The highest BCUT2D eigenvalue weighted by Gasteiger charge is 2.56. The van der Waals surface area contributed by atoms with Gasteiger partial charge in [-0.25, -0.2) is 0 Å². The molecule has 0 bridgehead atoms. The second kappa shape index (κ2) is 5.87. The lowest BCUT2D eigenvalue weighted by atomic mass is 10.2. The molecule has 2 rings (SSSR count). The molecule has 0 spiro atoms. The van der Waals surface area contributed by atoms with Gasteiger partial charge in [0.2, 0.25) is 0 Å². The molecule has 1 unspecified atom stereocenters. The van der Waals surface area contributed by atoms with Crippen molar-refractivity contribution < 1.29 is 13.9 Å². The third kappa shape index (κ3) is 3.11. The third-order valence-corrected chi connectivity index (χ3v) is 11.3. The lowest BCUT2D eigenvalue weighted by molar-refractivity contribution is -0.141. The maximum Gasteiger partial charge on any atom is 0.190 e. The Labute approximate surface area is 130 Å². The SMILES string of the molecule is CCOC1(c2cccc(OC)c2)O[Si](C)(C)CC[Si]1(C)C. The summed E-state index contributed by atoms with van der Waals surface area (Å²) in [6.45, 7) is 12.1. The van der Waals surface area contributed by atoms with E-state index in [1.54, 1.807) is 7.11 Å². The normalized spacial score (nSPS) is 27.3. The van der Waals surface area contributed by atoms with E-state index in [2.05, 4.69) is 45.2 Å². The van der Waals surface area contributed by atoms with E-state index in [0.29, 0.717) is 6.61 Å². The van der Waals surface area contributed by atoms with Gasteiger partial charge in [-0.2, -0.15) is 0 Å². The summed E-state index contributed by atoms with van der Waals surface area (Å²) in [6.07, 6.45) is 0. The highest BCUT2D eigenvalue weighted by molar-refractivity contribution is 6.85. The van der Waals surface area contributed by atoms with Crippen molar-refractivity contribution >= 4 is 16.4 Å². The van der Waals surface area contributed by atoms with E-state index in [1.807, 2.05) is 12.1 Å². The summed E-state index contributed by atoms with van der Waals surface area (Å²) in [6, 6.07) is 10.7. The number of rotatable bonds is 4. The first kappa shape index (κ1) is 16.7. The third-order valence-electron chi connectivity index (χ3n) is 4.46. The Morgan fingerprint density at radius 2 is 1.90 bits per heavy atom. The van der Waals surface area contributed by atoms with Crippen LogP contribution in [0.25, 0.3) is 0 Å². The van der Waals surface area contributed by atoms with E-state index in [0.717, 1.165) is 11.3 Å². The maximum absolute atomic E-state index is 6.73. The fraction of sp³-hybridized carbons (Fsp3) is 0.625. The van der Waals surface area contributed by atoms with Crippen LogP contribution >= 0.6 is 0 Å². The Kier molecular flexibility index (Phi) is 4.68. The Balaban J connectivity index is 2.55. The molecule has 0 aliphatic carbocycles. The molecule has 1 saturated heterocycles. The molecule has 5 heteroatoms. The van der Waals surface area contributed by atoms with Crippen LogP contribution in [0, 0.1) is 0 Å². The minimum Gasteiger partial charge on any atom is -0.497 e. The maximum atomic E-state index is 6.73. The van der Waals surface area contributed by atoms with Crippen molar-refractivity contribution in [2.75, 3.05) is 13.7 Å². The molecule has 1 heterocycles. The molecular weight excluding hydrogens is 296 g/mol. The van der Waals surface area contributed by atoms with Gasteiger partial charge in [0, 0.05) is 12.2 Å². The van der Waals surface area contributed by atoms with Crippen LogP contribution in [0.5, 0.6) is 5.75 Å². The zero-order valence-electron chi connectivity index (χ0n) is 14.2. The van der Waals surface area contributed by atoms with Crippen LogP contribution in [0.2, 0.25) is 38.3 Å². The van der Waals surface area contributed by atoms with Gasteiger partial charge in [0.05, 0.1) is 7.11 Å². The van der Waals surface area contributed by atoms with E-state index in [-0.39, 0.29) is 0 Å². The van der Waals surface area contributed by atoms with Crippen LogP contribution in [-0.2, 0) is 14.6 Å². The zero-order valence-corrected chi connectivity index (χ0v) is 16.2. The van der Waals surface area contributed by atoms with Crippen LogP contribution in [-0.4, -0.2) is 30.1 Å². The molecule has 1 aliphatic rings. The first-order valence-corrected chi connectivity index (χ1v) is 14.1. The predicted molar refractivity (Wildman–Crippen MR) is 92.0 cm³/mol. The Bertz CT molecular complexity index is 502. The molecule has 0 radical (unpaired) electrons. The summed E-state index contributed by atoms with van der Waals surface area (Å²) in [4.78, 5) is 0. The van der Waals surface area contributed by atoms with Gasteiger partial charge >= 0.3 is 0 Å². The van der Waals surface area contributed by atoms with Crippen molar-refractivity contribution in [2.45, 2.75) is 50.6 Å². The summed E-state index contributed by atoms with van der Waals surface area (Å²) in [5.41, 5.74) is 0.588. The average Bonchev–Trinajstić information content (AvgIpc) is 2.43. The van der Waals surface area contributed by atoms with Crippen LogP contribution in [0.4, 0.5) is 0 Å². The Morgan fingerprint density at radius 1 is 1.19 bits per heavy atom. The number of ether oxygens (including phenoxy) is 2. The monoisotopic (exact) mass is 324 g/mol. The lowest BCUT2D eigenvalue weighted by Gasteiger charge is -2.53. The molecule has 1 aromatic rings. The van der Waals surface area contributed by atoms with Crippen LogP contribution < -0.4 is 4.74 Å². The number of benzene rings is 1. The van der Waals surface area contributed by atoms with Gasteiger partial charge in [0.15, 0.2) is 13.7 Å². The molecule has 0 amide bonds. The van der Waals surface area contributed by atoms with Gasteiger partial charge in [-0.3, -0.25) is 0 Å². The quantitative estimate of drug-likeness (QED) is 0.770. The summed E-state index contributed by atoms with van der Waals surface area (Å²) >= 11 is 0. The van der Waals surface area contributed by atoms with E-state index in [9.17, 15) is 0 Å². The lowest BCUT2D eigenvalue weighted by Crippen LogP contribution is -2.63. The second-order valence-corrected chi connectivity index (χ2v) is 16.2. The summed E-state index contributed by atoms with van der Waals surface area (Å²) in [7, 11) is -1.71. The minimum atomic E-state index is -1.72. The highest BCUT2D eigenvalue weighted by Crippen LogP contribution is 2.48. The van der Waals surface area contributed by atoms with Crippen molar-refractivity contribution in [3.05, 3.63) is 29.8 Å². The van der Waals surface area contributed by atoms with Gasteiger partial charge in [-0.15, -0.1) is 0 Å². The number of methoxy groups -OCH3 is 1. The summed E-state index contributed by atoms with van der Waals surface area (Å²) in [5.74, 6) is 0.866. The van der Waals surface area contributed by atoms with Gasteiger partial charge in [-0.05, 0) is 38.2 Å². The molecule has 1 aromatic carbocycles. The van der Waals surface area contributed by atoms with Crippen molar-refractivity contribution in [3.8, 4) is 5.75 Å². The van der Waals surface area contributed by atoms with Gasteiger partial charge in [-0.1, -0.05) is 31.3 Å². The van der Waals surface area contributed by atoms with Crippen LogP contribution in [0.3, 0.4) is 0 Å². The standard InChI is InChI=1S/C16H28O3Si2/c1-7-18-16(14-9-8-10-15(13-14)17-2)19-21(5,6)12-11-20(16,3)4/h8-10,13H,7,11-12H2,1-6H3. The summed E-state index contributed by atoms with van der Waals surface area (Å²) < 4.78 is 18.5. The van der Waals surface area contributed by atoms with Gasteiger partial charge < -0.3 is 13.9 Å². The molecular formula is C16H28O3Si2. The first-order valence-electron chi connectivity index (χ1n) is 7.75. The van der Waals surface area contributed by atoms with Crippen molar-refractivity contribution in [1.29, 1.82) is 0 Å². The summed E-state index contributed by atoms with van der Waals surface area (Å²) in [5, 5.41) is 0. The molecule has 1 fully saturated rings. The van der Waals surface area contributed by atoms with E-state index in [1.165, 1.54) is 12.1 Å². The molecule has 21 heavy (non-hydrogen) atoms. The zero-order chi connectivity index (χ0) is 15.7. The molecule has 0 N–H and O–H groups in total. The fourth-order valence-electron chi connectivity index (χ4n) is 3.15. The minimum absolute atomic E-state index is 0.537. The van der Waals surface area contributed by atoms with Crippen molar-refractivity contribution in [3.63, 3.8) is 0 Å². The number of hydrogen-bond acceptors (Lipinski definition) is 3. The highest BCUT2D eigenvalue weighted by atomic mass is 28.4. The first-order chi connectivity index (χ1) is 9.76. The average molecular weight is 325 g/mol. The fourth-order valence-corrected chi connectivity index (χ4v) is 12.8. The molecule has 1 aliphatic heterocycles. The van der Waals surface area contributed by atoms with E-state index in [4.69, 9.17) is 13.9 Å². The molecule has 0 saturated carbocycles. The molecule has 0 aromatic heterocycles. The smallest absolute Gasteiger partial charge is 0.190 e. The largest absolute Gasteiger partial charge is 0.497 e.